The number of oxazole rings is 1. The van der Waals surface area contributed by atoms with Crippen LogP contribution in [0.4, 0.5) is 13.2 Å². The molecule has 0 aromatic carbocycles. The molecule has 20 heavy (non-hydrogen) atoms. The second kappa shape index (κ2) is 5.43. The number of hydrogen-bond donors (Lipinski definition) is 1. The highest BCUT2D eigenvalue weighted by Crippen LogP contribution is 2.35. The van der Waals surface area contributed by atoms with E-state index in [0.29, 0.717) is 6.61 Å². The van der Waals surface area contributed by atoms with E-state index in [9.17, 15) is 18.0 Å². The van der Waals surface area contributed by atoms with E-state index in [2.05, 4.69) is 4.98 Å². The lowest BCUT2D eigenvalue weighted by Crippen LogP contribution is -2.32. The van der Waals surface area contributed by atoms with Crippen LogP contribution in [-0.2, 0) is 17.3 Å². The van der Waals surface area contributed by atoms with Crippen LogP contribution < -0.4 is 0 Å². The van der Waals surface area contributed by atoms with Gasteiger partial charge in [0.25, 0.3) is 0 Å². The molecule has 0 bridgehead atoms. The van der Waals surface area contributed by atoms with Gasteiger partial charge in [0.2, 0.25) is 5.76 Å². The van der Waals surface area contributed by atoms with Crippen LogP contribution >= 0.6 is 0 Å². The highest BCUT2D eigenvalue weighted by Gasteiger charge is 2.42. The molecule has 0 saturated heterocycles. The molecule has 1 aromatic heterocycles. The molecule has 0 amide bonds. The van der Waals surface area contributed by atoms with Crippen LogP contribution in [0.1, 0.15) is 41.9 Å². The lowest BCUT2D eigenvalue weighted by molar-refractivity contribution is -0.141. The predicted octanol–water partition coefficient (Wildman–Crippen LogP) is 2.75. The zero-order valence-electron chi connectivity index (χ0n) is 10.7. The summed E-state index contributed by atoms with van der Waals surface area (Å²) in [5.41, 5.74) is -1.47. The van der Waals surface area contributed by atoms with Gasteiger partial charge in [-0.1, -0.05) is 0 Å². The highest BCUT2D eigenvalue weighted by atomic mass is 19.4. The number of halogens is 3. The third kappa shape index (κ3) is 3.12. The first kappa shape index (κ1) is 14.8. The fraction of sp³-hybridized carbons (Fsp3) is 0.667. The SMILES string of the molecule is CCOC1CC(Cc2nc(C(F)(F)F)c(C(=O)O)o2)C1. The van der Waals surface area contributed by atoms with Crippen LogP contribution in [0.5, 0.6) is 0 Å². The minimum absolute atomic E-state index is 0.118. The van der Waals surface area contributed by atoms with Crippen LogP contribution in [-0.4, -0.2) is 28.8 Å². The molecule has 1 aromatic rings. The van der Waals surface area contributed by atoms with Gasteiger partial charge < -0.3 is 14.3 Å². The van der Waals surface area contributed by atoms with Crippen LogP contribution in [0.3, 0.4) is 0 Å². The van der Waals surface area contributed by atoms with Crippen LogP contribution in [0.25, 0.3) is 0 Å². The Morgan fingerprint density at radius 2 is 2.15 bits per heavy atom. The average Bonchev–Trinajstić information content (AvgIpc) is 2.70. The van der Waals surface area contributed by atoms with Gasteiger partial charge in [0.1, 0.15) is 0 Å². The van der Waals surface area contributed by atoms with Gasteiger partial charge in [0.15, 0.2) is 11.6 Å². The standard InChI is InChI=1S/C12H14F3NO4/c1-2-19-7-3-6(4-7)5-8-16-10(12(13,14)15)9(20-8)11(17)18/h6-7H,2-5H2,1H3,(H,17,18). The summed E-state index contributed by atoms with van der Waals surface area (Å²) in [4.78, 5) is 14.0. The Bertz CT molecular complexity index is 491. The molecule has 1 aliphatic rings. The fourth-order valence-corrected chi connectivity index (χ4v) is 2.25. The van der Waals surface area contributed by atoms with E-state index >= 15 is 0 Å². The largest absolute Gasteiger partial charge is 0.475 e. The fourth-order valence-electron chi connectivity index (χ4n) is 2.25. The van der Waals surface area contributed by atoms with E-state index in [1.807, 2.05) is 6.92 Å². The highest BCUT2D eigenvalue weighted by molar-refractivity contribution is 5.85. The van der Waals surface area contributed by atoms with Crippen molar-refractivity contribution in [1.82, 2.24) is 4.98 Å². The van der Waals surface area contributed by atoms with E-state index in [0.717, 1.165) is 12.8 Å². The average molecular weight is 293 g/mol. The number of carboxylic acid groups (broad SMARTS) is 1. The maximum absolute atomic E-state index is 12.6. The van der Waals surface area contributed by atoms with Crippen LogP contribution in [0.2, 0.25) is 0 Å². The molecule has 0 spiro atoms. The topological polar surface area (TPSA) is 72.6 Å². The van der Waals surface area contributed by atoms with Gasteiger partial charge in [0, 0.05) is 13.0 Å². The third-order valence-electron chi connectivity index (χ3n) is 3.19. The van der Waals surface area contributed by atoms with Crippen molar-refractivity contribution >= 4 is 5.97 Å². The van der Waals surface area contributed by atoms with Crippen LogP contribution in [0, 0.1) is 5.92 Å². The van der Waals surface area contributed by atoms with Crippen molar-refractivity contribution in [2.75, 3.05) is 6.61 Å². The second-order valence-corrected chi connectivity index (χ2v) is 4.71. The van der Waals surface area contributed by atoms with Crippen molar-refractivity contribution in [3.8, 4) is 0 Å². The number of ether oxygens (including phenoxy) is 1. The Morgan fingerprint density at radius 3 is 2.60 bits per heavy atom. The smallest absolute Gasteiger partial charge is 0.437 e. The number of aromatic carboxylic acids is 1. The van der Waals surface area contributed by atoms with E-state index < -0.39 is 23.6 Å². The first-order valence-electron chi connectivity index (χ1n) is 6.23. The molecule has 1 saturated carbocycles. The van der Waals surface area contributed by atoms with E-state index in [1.54, 1.807) is 0 Å². The maximum atomic E-state index is 12.6. The zero-order valence-corrected chi connectivity index (χ0v) is 10.7. The monoisotopic (exact) mass is 293 g/mol. The maximum Gasteiger partial charge on any atom is 0.437 e. The molecule has 0 radical (unpaired) electrons. The number of hydrogen-bond acceptors (Lipinski definition) is 4. The Labute approximate surface area is 112 Å². The molecule has 1 aliphatic carbocycles. The van der Waals surface area contributed by atoms with Gasteiger partial charge in [-0.05, 0) is 25.7 Å². The minimum Gasteiger partial charge on any atom is -0.475 e. The molecule has 1 heterocycles. The summed E-state index contributed by atoms with van der Waals surface area (Å²) in [6, 6.07) is 0. The Morgan fingerprint density at radius 1 is 1.50 bits per heavy atom. The van der Waals surface area contributed by atoms with Crippen molar-refractivity contribution in [3.05, 3.63) is 17.3 Å². The number of rotatable bonds is 5. The van der Waals surface area contributed by atoms with Gasteiger partial charge in [-0.25, -0.2) is 9.78 Å². The lowest BCUT2D eigenvalue weighted by Gasteiger charge is -2.34. The molecule has 2 rings (SSSR count). The van der Waals surface area contributed by atoms with Gasteiger partial charge in [-0.3, -0.25) is 0 Å². The van der Waals surface area contributed by atoms with E-state index in [-0.39, 0.29) is 24.3 Å². The first-order valence-corrected chi connectivity index (χ1v) is 6.23. The molecule has 8 heteroatoms. The number of carbonyl (C=O) groups is 1. The molecule has 112 valence electrons. The van der Waals surface area contributed by atoms with Crippen molar-refractivity contribution in [3.63, 3.8) is 0 Å². The summed E-state index contributed by atoms with van der Waals surface area (Å²) >= 11 is 0. The number of aromatic nitrogens is 1. The first-order chi connectivity index (χ1) is 9.31. The van der Waals surface area contributed by atoms with Crippen molar-refractivity contribution < 1.29 is 32.2 Å². The zero-order chi connectivity index (χ0) is 14.9. The van der Waals surface area contributed by atoms with Crippen molar-refractivity contribution in [1.29, 1.82) is 0 Å². The molecule has 1 fully saturated rings. The third-order valence-corrected chi connectivity index (χ3v) is 3.19. The number of alkyl halides is 3. The summed E-state index contributed by atoms with van der Waals surface area (Å²) in [6.07, 6.45) is -3.07. The lowest BCUT2D eigenvalue weighted by atomic mass is 9.80. The minimum atomic E-state index is -4.83. The van der Waals surface area contributed by atoms with Crippen molar-refractivity contribution in [2.24, 2.45) is 5.92 Å². The molecule has 0 aliphatic heterocycles. The quantitative estimate of drug-likeness (QED) is 0.903. The molecular weight excluding hydrogens is 279 g/mol. The molecule has 0 atom stereocenters. The number of carboxylic acids is 1. The molecule has 1 N–H and O–H groups in total. The summed E-state index contributed by atoms with van der Waals surface area (Å²) in [6.45, 7) is 2.47. The van der Waals surface area contributed by atoms with Gasteiger partial charge in [-0.2, -0.15) is 13.2 Å². The Kier molecular flexibility index (Phi) is 4.03. The Hall–Kier alpha value is -1.57. The summed E-state index contributed by atoms with van der Waals surface area (Å²) in [5, 5.41) is 8.71. The predicted molar refractivity (Wildman–Crippen MR) is 60.3 cm³/mol. The molecule has 0 unspecified atom stereocenters. The summed E-state index contributed by atoms with van der Waals surface area (Å²) < 4.78 is 47.9. The van der Waals surface area contributed by atoms with Gasteiger partial charge in [-0.15, -0.1) is 0 Å². The molecule has 5 nitrogen and oxygen atoms in total. The van der Waals surface area contributed by atoms with Crippen LogP contribution in [0.15, 0.2) is 4.42 Å². The second-order valence-electron chi connectivity index (χ2n) is 4.71. The van der Waals surface area contributed by atoms with Gasteiger partial charge in [0.05, 0.1) is 6.10 Å². The van der Waals surface area contributed by atoms with Gasteiger partial charge >= 0.3 is 12.1 Å². The Balaban J connectivity index is 2.05. The summed E-state index contributed by atoms with van der Waals surface area (Å²) in [5.74, 6) is -2.98. The summed E-state index contributed by atoms with van der Waals surface area (Å²) in [7, 11) is 0. The number of nitrogens with zero attached hydrogens (tertiary/aromatic N) is 1. The molecular formula is C12H14F3NO4. The van der Waals surface area contributed by atoms with E-state index in [4.69, 9.17) is 14.3 Å². The normalized spacial score (nSPS) is 22.6. The van der Waals surface area contributed by atoms with Crippen molar-refractivity contribution in [2.45, 2.75) is 38.5 Å². The van der Waals surface area contributed by atoms with E-state index in [1.165, 1.54) is 0 Å².